The van der Waals surface area contributed by atoms with Gasteiger partial charge in [-0.05, 0) is 35.8 Å². The number of aromatic nitrogens is 4. The lowest BCUT2D eigenvalue weighted by Gasteiger charge is -2.06. The fourth-order valence-electron chi connectivity index (χ4n) is 2.15. The molecule has 0 aliphatic heterocycles. The number of benzene rings is 1. The van der Waals surface area contributed by atoms with Crippen molar-refractivity contribution in [2.75, 3.05) is 18.1 Å². The minimum Gasteiger partial charge on any atom is -0.355 e. The number of rotatable bonds is 9. The summed E-state index contributed by atoms with van der Waals surface area (Å²) >= 11 is 3.23. The van der Waals surface area contributed by atoms with Gasteiger partial charge < -0.3 is 5.32 Å². The highest BCUT2D eigenvalue weighted by Crippen LogP contribution is 2.36. The van der Waals surface area contributed by atoms with Crippen molar-refractivity contribution in [2.45, 2.75) is 36.7 Å². The molecule has 1 fully saturated rings. The van der Waals surface area contributed by atoms with Gasteiger partial charge in [-0.1, -0.05) is 41.6 Å². The van der Waals surface area contributed by atoms with Crippen LogP contribution < -0.4 is 5.32 Å². The number of thioether (sulfide) groups is 2. The van der Waals surface area contributed by atoms with Crippen molar-refractivity contribution < 1.29 is 4.79 Å². The first-order valence-corrected chi connectivity index (χ1v) is 10.2. The lowest BCUT2D eigenvalue weighted by molar-refractivity contribution is -0.118. The van der Waals surface area contributed by atoms with Gasteiger partial charge in [0.25, 0.3) is 0 Å². The molecule has 1 aromatic heterocycles. The van der Waals surface area contributed by atoms with E-state index in [4.69, 9.17) is 0 Å². The summed E-state index contributed by atoms with van der Waals surface area (Å²) in [6, 6.07) is 9.00. The number of nitrogens with one attached hydrogen (secondary N) is 1. The van der Waals surface area contributed by atoms with E-state index in [0.29, 0.717) is 18.3 Å². The molecule has 0 saturated heterocycles. The van der Waals surface area contributed by atoms with E-state index in [1.165, 1.54) is 22.9 Å². The Kier molecular flexibility index (Phi) is 6.14. The van der Waals surface area contributed by atoms with E-state index in [0.717, 1.165) is 29.5 Å². The standard InChI is InChI=1S/C16H21N5OS2/c1-12-2-4-13(5-3-12)10-23-9-8-17-15(22)11-24-16-18-19-20-21(16)14-6-7-14/h2-5,14H,6-11H2,1H3,(H,17,22). The summed E-state index contributed by atoms with van der Waals surface area (Å²) < 4.78 is 1.83. The maximum absolute atomic E-state index is 11.9. The van der Waals surface area contributed by atoms with Gasteiger partial charge in [-0.2, -0.15) is 11.8 Å². The summed E-state index contributed by atoms with van der Waals surface area (Å²) in [6.07, 6.45) is 2.26. The highest BCUT2D eigenvalue weighted by Gasteiger charge is 2.28. The second kappa shape index (κ2) is 8.53. The second-order valence-electron chi connectivity index (χ2n) is 5.81. The van der Waals surface area contributed by atoms with Crippen molar-refractivity contribution in [1.29, 1.82) is 0 Å². The molecule has 24 heavy (non-hydrogen) atoms. The third-order valence-corrected chi connectivity index (χ3v) is 5.61. The highest BCUT2D eigenvalue weighted by molar-refractivity contribution is 7.99. The van der Waals surface area contributed by atoms with Gasteiger partial charge >= 0.3 is 0 Å². The van der Waals surface area contributed by atoms with Crippen LogP contribution in [0.4, 0.5) is 0 Å². The normalized spacial score (nSPS) is 13.9. The van der Waals surface area contributed by atoms with Crippen LogP contribution in [0.2, 0.25) is 0 Å². The molecule has 128 valence electrons. The Labute approximate surface area is 150 Å². The van der Waals surface area contributed by atoms with Crippen molar-refractivity contribution in [2.24, 2.45) is 0 Å². The van der Waals surface area contributed by atoms with Crippen molar-refractivity contribution >= 4 is 29.4 Å². The summed E-state index contributed by atoms with van der Waals surface area (Å²) in [6.45, 7) is 2.77. The Hall–Kier alpha value is -1.54. The maximum Gasteiger partial charge on any atom is 0.230 e. The maximum atomic E-state index is 11.9. The first-order chi connectivity index (χ1) is 11.7. The zero-order valence-corrected chi connectivity index (χ0v) is 15.3. The first kappa shape index (κ1) is 17.3. The molecule has 0 atom stereocenters. The number of tetrazole rings is 1. The summed E-state index contributed by atoms with van der Waals surface area (Å²) in [4.78, 5) is 11.9. The van der Waals surface area contributed by atoms with Gasteiger partial charge in [0.1, 0.15) is 0 Å². The zero-order chi connectivity index (χ0) is 16.8. The van der Waals surface area contributed by atoms with E-state index in [-0.39, 0.29) is 5.91 Å². The SMILES string of the molecule is Cc1ccc(CSCCNC(=O)CSc2nnnn2C2CC2)cc1. The molecule has 0 bridgehead atoms. The monoisotopic (exact) mass is 363 g/mol. The van der Waals surface area contributed by atoms with Gasteiger partial charge in [0.2, 0.25) is 11.1 Å². The number of nitrogens with zero attached hydrogens (tertiary/aromatic N) is 4. The predicted molar refractivity (Wildman–Crippen MR) is 97.2 cm³/mol. The van der Waals surface area contributed by atoms with E-state index in [1.807, 2.05) is 16.4 Å². The van der Waals surface area contributed by atoms with Gasteiger partial charge in [-0.3, -0.25) is 4.79 Å². The molecule has 1 amide bonds. The number of carbonyl (C=O) groups is 1. The van der Waals surface area contributed by atoms with E-state index >= 15 is 0 Å². The van der Waals surface area contributed by atoms with Crippen LogP contribution in [-0.2, 0) is 10.5 Å². The van der Waals surface area contributed by atoms with E-state index in [9.17, 15) is 4.79 Å². The third kappa shape index (κ3) is 5.24. The van der Waals surface area contributed by atoms with Crippen molar-refractivity contribution in [3.63, 3.8) is 0 Å². The largest absolute Gasteiger partial charge is 0.355 e. The van der Waals surface area contributed by atoms with Crippen LogP contribution >= 0.6 is 23.5 Å². The van der Waals surface area contributed by atoms with Gasteiger partial charge in [-0.15, -0.1) is 5.10 Å². The summed E-state index contributed by atoms with van der Waals surface area (Å²) in [7, 11) is 0. The highest BCUT2D eigenvalue weighted by atomic mass is 32.2. The van der Waals surface area contributed by atoms with Crippen LogP contribution in [0.1, 0.15) is 30.0 Å². The lowest BCUT2D eigenvalue weighted by atomic mass is 10.2. The van der Waals surface area contributed by atoms with Crippen LogP contribution in [-0.4, -0.2) is 44.2 Å². The van der Waals surface area contributed by atoms with Gasteiger partial charge in [0.05, 0.1) is 11.8 Å². The summed E-state index contributed by atoms with van der Waals surface area (Å²) in [5, 5.41) is 15.3. The molecule has 6 nitrogen and oxygen atoms in total. The van der Waals surface area contributed by atoms with Crippen LogP contribution in [0.5, 0.6) is 0 Å². The van der Waals surface area contributed by atoms with Crippen LogP contribution in [0.15, 0.2) is 29.4 Å². The average molecular weight is 364 g/mol. The molecule has 1 aliphatic carbocycles. The Morgan fingerprint density at radius 1 is 1.33 bits per heavy atom. The van der Waals surface area contributed by atoms with Gasteiger partial charge in [0.15, 0.2) is 0 Å². The van der Waals surface area contributed by atoms with Crippen molar-refractivity contribution in [3.8, 4) is 0 Å². The Morgan fingerprint density at radius 2 is 2.12 bits per heavy atom. The first-order valence-electron chi connectivity index (χ1n) is 8.03. The summed E-state index contributed by atoms with van der Waals surface area (Å²) in [5.41, 5.74) is 2.60. The second-order valence-corrected chi connectivity index (χ2v) is 7.86. The molecule has 3 rings (SSSR count). The van der Waals surface area contributed by atoms with E-state index in [1.54, 1.807) is 0 Å². The minimum absolute atomic E-state index is 0.0290. The van der Waals surface area contributed by atoms with Crippen LogP contribution in [0.25, 0.3) is 0 Å². The number of amides is 1. The van der Waals surface area contributed by atoms with Crippen molar-refractivity contribution in [3.05, 3.63) is 35.4 Å². The number of carbonyl (C=O) groups excluding carboxylic acids is 1. The predicted octanol–water partition coefficient (Wildman–Crippen LogP) is 2.46. The molecule has 1 aromatic carbocycles. The molecule has 0 radical (unpaired) electrons. The Balaban J connectivity index is 1.28. The molecule has 2 aromatic rings. The Bertz CT molecular complexity index is 669. The quantitative estimate of drug-likeness (QED) is 0.545. The van der Waals surface area contributed by atoms with Crippen LogP contribution in [0, 0.1) is 6.92 Å². The molecule has 1 aliphatic rings. The zero-order valence-electron chi connectivity index (χ0n) is 13.6. The minimum atomic E-state index is 0.0290. The van der Waals surface area contributed by atoms with Gasteiger partial charge in [0, 0.05) is 18.1 Å². The average Bonchev–Trinajstić information content (AvgIpc) is 3.32. The van der Waals surface area contributed by atoms with E-state index in [2.05, 4.69) is 52.0 Å². The summed E-state index contributed by atoms with van der Waals surface area (Å²) in [5.74, 6) is 2.27. The topological polar surface area (TPSA) is 72.7 Å². The smallest absolute Gasteiger partial charge is 0.230 e. The fraction of sp³-hybridized carbons (Fsp3) is 0.500. The molecule has 0 spiro atoms. The lowest BCUT2D eigenvalue weighted by Crippen LogP contribution is -2.27. The molecule has 8 heteroatoms. The molecule has 1 N–H and O–H groups in total. The van der Waals surface area contributed by atoms with Crippen LogP contribution in [0.3, 0.4) is 0 Å². The third-order valence-electron chi connectivity index (χ3n) is 3.65. The fourth-order valence-corrected chi connectivity index (χ4v) is 3.74. The molecular formula is C16H21N5OS2. The van der Waals surface area contributed by atoms with Gasteiger partial charge in [-0.25, -0.2) is 4.68 Å². The molecule has 1 saturated carbocycles. The molecule has 0 unspecified atom stereocenters. The molecular weight excluding hydrogens is 342 g/mol. The van der Waals surface area contributed by atoms with E-state index < -0.39 is 0 Å². The number of aryl methyl sites for hydroxylation is 1. The molecule has 1 heterocycles. The number of hydrogen-bond acceptors (Lipinski definition) is 6. The Morgan fingerprint density at radius 3 is 2.88 bits per heavy atom. The van der Waals surface area contributed by atoms with Crippen molar-refractivity contribution in [1.82, 2.24) is 25.5 Å². The number of hydrogen-bond donors (Lipinski definition) is 1.